The number of nitrogens with zero attached hydrogens (tertiary/aromatic N) is 1. The maximum Gasteiger partial charge on any atom is 0.315 e. The highest BCUT2D eigenvalue weighted by Gasteiger charge is 2.16. The predicted octanol–water partition coefficient (Wildman–Crippen LogP) is 3.91. The molecule has 2 aromatic carbocycles. The Kier molecular flexibility index (Phi) is 7.82. The van der Waals surface area contributed by atoms with Crippen LogP contribution in [0.3, 0.4) is 0 Å². The fourth-order valence-corrected chi connectivity index (χ4v) is 3.94. The van der Waals surface area contributed by atoms with Crippen molar-refractivity contribution >= 4 is 11.7 Å². The van der Waals surface area contributed by atoms with Crippen LogP contribution < -0.4 is 25.0 Å². The zero-order valence-corrected chi connectivity index (χ0v) is 18.3. The number of carbonyl (C=O) groups is 1. The number of anilines is 1. The molecule has 2 amide bonds. The Balaban J connectivity index is 1.46. The first-order valence-electron chi connectivity index (χ1n) is 10.7. The summed E-state index contributed by atoms with van der Waals surface area (Å²) in [5.41, 5.74) is 5.04. The largest absolute Gasteiger partial charge is 0.493 e. The lowest BCUT2D eigenvalue weighted by atomic mass is 9.98. The minimum Gasteiger partial charge on any atom is -0.493 e. The van der Waals surface area contributed by atoms with E-state index in [9.17, 15) is 4.79 Å². The highest BCUT2D eigenvalue weighted by molar-refractivity contribution is 5.73. The molecule has 1 heterocycles. The van der Waals surface area contributed by atoms with Crippen LogP contribution in [0, 0.1) is 0 Å². The Morgan fingerprint density at radius 2 is 1.83 bits per heavy atom. The zero-order valence-electron chi connectivity index (χ0n) is 18.3. The summed E-state index contributed by atoms with van der Waals surface area (Å²) in [4.78, 5) is 14.6. The van der Waals surface area contributed by atoms with Gasteiger partial charge < -0.3 is 25.0 Å². The van der Waals surface area contributed by atoms with Gasteiger partial charge in [-0.15, -0.1) is 0 Å². The zero-order chi connectivity index (χ0) is 21.3. The van der Waals surface area contributed by atoms with E-state index in [1.807, 2.05) is 18.2 Å². The van der Waals surface area contributed by atoms with Crippen LogP contribution in [-0.2, 0) is 19.4 Å². The monoisotopic (exact) mass is 411 g/mol. The predicted molar refractivity (Wildman–Crippen MR) is 121 cm³/mol. The fourth-order valence-electron chi connectivity index (χ4n) is 3.94. The van der Waals surface area contributed by atoms with E-state index in [2.05, 4.69) is 40.7 Å². The number of hydrogen-bond acceptors (Lipinski definition) is 4. The topological polar surface area (TPSA) is 62.8 Å². The number of aryl methyl sites for hydroxylation is 1. The number of ether oxygens (including phenoxy) is 2. The lowest BCUT2D eigenvalue weighted by molar-refractivity contribution is 0.240. The van der Waals surface area contributed by atoms with Gasteiger partial charge in [0.2, 0.25) is 0 Å². The van der Waals surface area contributed by atoms with Crippen LogP contribution in [-0.4, -0.2) is 39.9 Å². The van der Waals surface area contributed by atoms with Gasteiger partial charge in [0, 0.05) is 31.9 Å². The smallest absolute Gasteiger partial charge is 0.315 e. The number of rotatable bonds is 9. The SMILES string of the molecule is CCCN1CCCc2cc(CCNC(=O)NCc3ccc(OC)c(OC)c3)ccc21. The standard InChI is InChI=1S/C24H33N3O3/c1-4-13-27-14-5-6-20-15-18(7-9-21(20)27)11-12-25-24(28)26-17-19-8-10-22(29-2)23(16-19)30-3/h7-10,15-16H,4-6,11-14,17H2,1-3H3,(H2,25,26,28). The second-order valence-electron chi connectivity index (χ2n) is 7.60. The van der Waals surface area contributed by atoms with Gasteiger partial charge in [0.15, 0.2) is 11.5 Å². The summed E-state index contributed by atoms with van der Waals surface area (Å²) in [6.45, 7) is 5.54. The molecule has 3 rings (SSSR count). The summed E-state index contributed by atoms with van der Waals surface area (Å²) < 4.78 is 10.5. The van der Waals surface area contributed by atoms with Crippen LogP contribution in [0.15, 0.2) is 36.4 Å². The van der Waals surface area contributed by atoms with Gasteiger partial charge in [-0.25, -0.2) is 4.79 Å². The van der Waals surface area contributed by atoms with Crippen molar-refractivity contribution < 1.29 is 14.3 Å². The third-order valence-corrected chi connectivity index (χ3v) is 5.45. The van der Waals surface area contributed by atoms with Crippen molar-refractivity contribution in [1.29, 1.82) is 0 Å². The molecule has 0 saturated heterocycles. The van der Waals surface area contributed by atoms with E-state index < -0.39 is 0 Å². The molecule has 2 N–H and O–H groups in total. The number of fused-ring (bicyclic) bond motifs is 1. The second-order valence-corrected chi connectivity index (χ2v) is 7.60. The van der Waals surface area contributed by atoms with Crippen molar-refractivity contribution in [1.82, 2.24) is 10.6 Å². The van der Waals surface area contributed by atoms with Crippen LogP contribution in [0.1, 0.15) is 36.5 Å². The molecule has 1 aliphatic rings. The summed E-state index contributed by atoms with van der Waals surface area (Å²) in [6.07, 6.45) is 4.35. The molecule has 0 bridgehead atoms. The van der Waals surface area contributed by atoms with E-state index in [0.717, 1.165) is 31.5 Å². The van der Waals surface area contributed by atoms with Crippen LogP contribution in [0.25, 0.3) is 0 Å². The number of nitrogens with one attached hydrogen (secondary N) is 2. The minimum absolute atomic E-state index is 0.170. The van der Waals surface area contributed by atoms with Crippen LogP contribution >= 0.6 is 0 Å². The average Bonchev–Trinajstić information content (AvgIpc) is 2.77. The Morgan fingerprint density at radius 3 is 2.60 bits per heavy atom. The van der Waals surface area contributed by atoms with Gasteiger partial charge in [0.05, 0.1) is 14.2 Å². The Labute approximate surface area is 179 Å². The molecule has 30 heavy (non-hydrogen) atoms. The molecule has 2 aromatic rings. The molecule has 1 aliphatic heterocycles. The van der Waals surface area contributed by atoms with Gasteiger partial charge >= 0.3 is 6.03 Å². The quantitative estimate of drug-likeness (QED) is 0.657. The second kappa shape index (κ2) is 10.8. The summed E-state index contributed by atoms with van der Waals surface area (Å²) in [6, 6.07) is 12.2. The molecule has 0 atom stereocenters. The lowest BCUT2D eigenvalue weighted by Crippen LogP contribution is -2.36. The minimum atomic E-state index is -0.170. The summed E-state index contributed by atoms with van der Waals surface area (Å²) in [7, 11) is 3.21. The molecule has 0 aromatic heterocycles. The lowest BCUT2D eigenvalue weighted by Gasteiger charge is -2.31. The maximum absolute atomic E-state index is 12.1. The van der Waals surface area contributed by atoms with E-state index in [1.54, 1.807) is 14.2 Å². The molecule has 6 nitrogen and oxygen atoms in total. The number of benzene rings is 2. The van der Waals surface area contributed by atoms with Crippen LogP contribution in [0.2, 0.25) is 0 Å². The van der Waals surface area contributed by atoms with Gasteiger partial charge in [0.1, 0.15) is 0 Å². The number of urea groups is 1. The molecule has 0 radical (unpaired) electrons. The number of methoxy groups -OCH3 is 2. The molecule has 162 valence electrons. The third kappa shape index (κ3) is 5.59. The molecular weight excluding hydrogens is 378 g/mol. The summed E-state index contributed by atoms with van der Waals surface area (Å²) >= 11 is 0. The van der Waals surface area contributed by atoms with Gasteiger partial charge in [-0.05, 0) is 60.6 Å². The number of amides is 2. The fraction of sp³-hybridized carbons (Fsp3) is 0.458. The van der Waals surface area contributed by atoms with Gasteiger partial charge in [-0.2, -0.15) is 0 Å². The summed E-state index contributed by atoms with van der Waals surface area (Å²) in [5, 5.41) is 5.84. The highest BCUT2D eigenvalue weighted by atomic mass is 16.5. The molecule has 0 fully saturated rings. The molecule has 0 saturated carbocycles. The first-order chi connectivity index (χ1) is 14.6. The normalized spacial score (nSPS) is 12.8. The highest BCUT2D eigenvalue weighted by Crippen LogP contribution is 2.28. The van der Waals surface area contributed by atoms with E-state index in [1.165, 1.54) is 29.7 Å². The first kappa shape index (κ1) is 21.8. The van der Waals surface area contributed by atoms with Gasteiger partial charge in [0.25, 0.3) is 0 Å². The van der Waals surface area contributed by atoms with Crippen molar-refractivity contribution in [2.45, 2.75) is 39.2 Å². The van der Waals surface area contributed by atoms with Gasteiger partial charge in [-0.3, -0.25) is 0 Å². The van der Waals surface area contributed by atoms with Crippen molar-refractivity contribution in [2.75, 3.05) is 38.8 Å². The van der Waals surface area contributed by atoms with E-state index in [4.69, 9.17) is 9.47 Å². The van der Waals surface area contributed by atoms with E-state index >= 15 is 0 Å². The third-order valence-electron chi connectivity index (χ3n) is 5.45. The van der Waals surface area contributed by atoms with Crippen molar-refractivity contribution in [3.05, 3.63) is 53.1 Å². The Morgan fingerprint density at radius 1 is 1.03 bits per heavy atom. The Hall–Kier alpha value is -2.89. The molecule has 6 heteroatoms. The van der Waals surface area contributed by atoms with E-state index in [0.29, 0.717) is 24.6 Å². The number of hydrogen-bond donors (Lipinski definition) is 2. The maximum atomic E-state index is 12.1. The van der Waals surface area contributed by atoms with Crippen LogP contribution in [0.4, 0.5) is 10.5 Å². The van der Waals surface area contributed by atoms with Crippen LogP contribution in [0.5, 0.6) is 11.5 Å². The summed E-state index contributed by atoms with van der Waals surface area (Å²) in [5.74, 6) is 1.33. The molecule has 0 unspecified atom stereocenters. The first-order valence-corrected chi connectivity index (χ1v) is 10.7. The molecule has 0 spiro atoms. The average molecular weight is 412 g/mol. The van der Waals surface area contributed by atoms with Crippen molar-refractivity contribution in [3.8, 4) is 11.5 Å². The van der Waals surface area contributed by atoms with Crippen molar-refractivity contribution in [2.24, 2.45) is 0 Å². The van der Waals surface area contributed by atoms with Crippen molar-refractivity contribution in [3.63, 3.8) is 0 Å². The molecular formula is C24H33N3O3. The Bertz CT molecular complexity index is 854. The number of carbonyl (C=O) groups excluding carboxylic acids is 1. The van der Waals surface area contributed by atoms with E-state index in [-0.39, 0.29) is 6.03 Å². The van der Waals surface area contributed by atoms with Gasteiger partial charge in [-0.1, -0.05) is 25.1 Å². The molecule has 0 aliphatic carbocycles.